The van der Waals surface area contributed by atoms with Crippen LogP contribution in [0.2, 0.25) is 5.15 Å². The molecule has 0 amide bonds. The van der Waals surface area contributed by atoms with Gasteiger partial charge in [0.15, 0.2) is 11.5 Å². The Morgan fingerprint density at radius 1 is 1.32 bits per heavy atom. The summed E-state index contributed by atoms with van der Waals surface area (Å²) < 4.78 is 5.10. The Labute approximate surface area is 117 Å². The molecule has 5 heteroatoms. The summed E-state index contributed by atoms with van der Waals surface area (Å²) in [7, 11) is 1.53. The van der Waals surface area contributed by atoms with Crippen LogP contribution >= 0.6 is 11.6 Å². The Morgan fingerprint density at radius 3 is 2.79 bits per heavy atom. The van der Waals surface area contributed by atoms with Crippen LogP contribution < -0.4 is 10.1 Å². The number of pyridine rings is 1. The number of halogens is 1. The van der Waals surface area contributed by atoms with Crippen molar-refractivity contribution in [3.63, 3.8) is 0 Å². The molecule has 0 fully saturated rings. The summed E-state index contributed by atoms with van der Waals surface area (Å²) in [5, 5.41) is 13.3. The summed E-state index contributed by atoms with van der Waals surface area (Å²) in [6.07, 6.45) is 1.65. The number of benzene rings is 1. The van der Waals surface area contributed by atoms with Crippen molar-refractivity contribution in [2.45, 2.75) is 13.0 Å². The molecule has 4 nitrogen and oxygen atoms in total. The third-order valence-electron chi connectivity index (χ3n) is 2.81. The van der Waals surface area contributed by atoms with E-state index >= 15 is 0 Å². The van der Waals surface area contributed by atoms with Crippen LogP contribution in [-0.2, 0) is 0 Å². The molecule has 1 unspecified atom stereocenters. The average Bonchev–Trinajstić information content (AvgIpc) is 2.39. The molecule has 0 bridgehead atoms. The Hall–Kier alpha value is -1.94. The maximum atomic E-state index is 9.57. The number of phenolic OH excluding ortho intramolecular Hbond substituents is 1. The molecule has 0 aliphatic carbocycles. The van der Waals surface area contributed by atoms with Crippen molar-refractivity contribution in [3.05, 3.63) is 47.2 Å². The summed E-state index contributed by atoms with van der Waals surface area (Å²) in [6.45, 7) is 2.01. The van der Waals surface area contributed by atoms with Gasteiger partial charge in [0, 0.05) is 17.9 Å². The maximum absolute atomic E-state index is 9.57. The standard InChI is InChI=1S/C14H15ClN2O2/c1-9(17-11-5-6-16-14(15)8-11)10-3-4-12(18)13(7-10)19-2/h3-9,18H,1-2H3,(H,16,17). The number of phenols is 1. The van der Waals surface area contributed by atoms with Crippen LogP contribution in [0, 0.1) is 0 Å². The lowest BCUT2D eigenvalue weighted by Gasteiger charge is -2.17. The topological polar surface area (TPSA) is 54.4 Å². The van der Waals surface area contributed by atoms with Gasteiger partial charge in [-0.1, -0.05) is 17.7 Å². The van der Waals surface area contributed by atoms with Crippen molar-refractivity contribution in [2.75, 3.05) is 12.4 Å². The van der Waals surface area contributed by atoms with E-state index in [1.165, 1.54) is 7.11 Å². The first-order valence-corrected chi connectivity index (χ1v) is 6.23. The van der Waals surface area contributed by atoms with Gasteiger partial charge in [-0.2, -0.15) is 0 Å². The molecule has 0 saturated carbocycles. The number of methoxy groups -OCH3 is 1. The van der Waals surface area contributed by atoms with Gasteiger partial charge in [0.05, 0.1) is 7.11 Å². The zero-order valence-electron chi connectivity index (χ0n) is 10.7. The predicted octanol–water partition coefficient (Wildman–Crippen LogP) is 3.62. The summed E-state index contributed by atoms with van der Waals surface area (Å²) in [6, 6.07) is 8.92. The van der Waals surface area contributed by atoms with Crippen LogP contribution in [0.25, 0.3) is 0 Å². The zero-order chi connectivity index (χ0) is 13.8. The molecular formula is C14H15ClN2O2. The number of nitrogens with zero attached hydrogens (tertiary/aromatic N) is 1. The molecule has 1 aromatic heterocycles. The highest BCUT2D eigenvalue weighted by molar-refractivity contribution is 6.29. The lowest BCUT2D eigenvalue weighted by atomic mass is 10.1. The Bertz CT molecular complexity index is 575. The third kappa shape index (κ3) is 3.29. The number of anilines is 1. The van der Waals surface area contributed by atoms with Crippen LogP contribution in [0.5, 0.6) is 11.5 Å². The largest absolute Gasteiger partial charge is 0.504 e. The summed E-state index contributed by atoms with van der Waals surface area (Å²) in [5.74, 6) is 0.587. The zero-order valence-corrected chi connectivity index (χ0v) is 11.5. The van der Waals surface area contributed by atoms with Crippen molar-refractivity contribution in [2.24, 2.45) is 0 Å². The minimum atomic E-state index is 0.0490. The Balaban J connectivity index is 2.18. The molecular weight excluding hydrogens is 264 g/mol. The molecule has 1 heterocycles. The van der Waals surface area contributed by atoms with Crippen molar-refractivity contribution in [3.8, 4) is 11.5 Å². The van der Waals surface area contributed by atoms with Crippen LogP contribution in [-0.4, -0.2) is 17.2 Å². The van der Waals surface area contributed by atoms with E-state index in [9.17, 15) is 5.11 Å². The fraction of sp³-hybridized carbons (Fsp3) is 0.214. The Morgan fingerprint density at radius 2 is 2.11 bits per heavy atom. The van der Waals surface area contributed by atoms with E-state index < -0.39 is 0 Å². The van der Waals surface area contributed by atoms with E-state index in [1.807, 2.05) is 19.1 Å². The highest BCUT2D eigenvalue weighted by Gasteiger charge is 2.09. The van der Waals surface area contributed by atoms with Crippen molar-refractivity contribution in [1.82, 2.24) is 4.98 Å². The number of aromatic nitrogens is 1. The highest BCUT2D eigenvalue weighted by Crippen LogP contribution is 2.30. The van der Waals surface area contributed by atoms with Crippen LogP contribution in [0.15, 0.2) is 36.5 Å². The predicted molar refractivity (Wildman–Crippen MR) is 75.9 cm³/mol. The van der Waals surface area contributed by atoms with Gasteiger partial charge in [0.2, 0.25) is 0 Å². The molecule has 0 aliphatic heterocycles. The van der Waals surface area contributed by atoms with Crippen LogP contribution in [0.4, 0.5) is 5.69 Å². The molecule has 0 spiro atoms. The SMILES string of the molecule is COc1cc(C(C)Nc2ccnc(Cl)c2)ccc1O. The van der Waals surface area contributed by atoms with Crippen molar-refractivity contribution in [1.29, 1.82) is 0 Å². The molecule has 2 N–H and O–H groups in total. The second kappa shape index (κ2) is 5.80. The van der Waals surface area contributed by atoms with Gasteiger partial charge >= 0.3 is 0 Å². The number of hydrogen-bond acceptors (Lipinski definition) is 4. The lowest BCUT2D eigenvalue weighted by molar-refractivity contribution is 0.373. The quantitative estimate of drug-likeness (QED) is 0.839. The number of hydrogen-bond donors (Lipinski definition) is 2. The van der Waals surface area contributed by atoms with Gasteiger partial charge in [0.25, 0.3) is 0 Å². The van der Waals surface area contributed by atoms with Crippen LogP contribution in [0.3, 0.4) is 0 Å². The second-order valence-electron chi connectivity index (χ2n) is 4.16. The van der Waals surface area contributed by atoms with Gasteiger partial charge < -0.3 is 15.2 Å². The molecule has 2 rings (SSSR count). The van der Waals surface area contributed by atoms with E-state index in [2.05, 4.69) is 10.3 Å². The smallest absolute Gasteiger partial charge is 0.160 e. The monoisotopic (exact) mass is 278 g/mol. The van der Waals surface area contributed by atoms with Crippen molar-refractivity contribution >= 4 is 17.3 Å². The van der Waals surface area contributed by atoms with Gasteiger partial charge in [-0.15, -0.1) is 0 Å². The van der Waals surface area contributed by atoms with E-state index in [4.69, 9.17) is 16.3 Å². The third-order valence-corrected chi connectivity index (χ3v) is 3.02. The minimum absolute atomic E-state index is 0.0490. The average molecular weight is 279 g/mol. The number of rotatable bonds is 4. The molecule has 0 saturated heterocycles. The first-order valence-electron chi connectivity index (χ1n) is 5.85. The summed E-state index contributed by atoms with van der Waals surface area (Å²) in [5.41, 5.74) is 1.89. The van der Waals surface area contributed by atoms with E-state index in [1.54, 1.807) is 24.4 Å². The first-order chi connectivity index (χ1) is 9.10. The molecule has 19 heavy (non-hydrogen) atoms. The van der Waals surface area contributed by atoms with Gasteiger partial charge in [0.1, 0.15) is 5.15 Å². The van der Waals surface area contributed by atoms with E-state index in [0.717, 1.165) is 11.3 Å². The number of nitrogens with one attached hydrogen (secondary N) is 1. The van der Waals surface area contributed by atoms with Gasteiger partial charge in [-0.05, 0) is 36.8 Å². The summed E-state index contributed by atoms with van der Waals surface area (Å²) in [4.78, 5) is 3.93. The highest BCUT2D eigenvalue weighted by atomic mass is 35.5. The molecule has 0 aliphatic rings. The number of aromatic hydroxyl groups is 1. The van der Waals surface area contributed by atoms with Crippen molar-refractivity contribution < 1.29 is 9.84 Å². The molecule has 2 aromatic rings. The fourth-order valence-corrected chi connectivity index (χ4v) is 1.96. The molecule has 100 valence electrons. The second-order valence-corrected chi connectivity index (χ2v) is 4.55. The van der Waals surface area contributed by atoms with Gasteiger partial charge in [-0.25, -0.2) is 4.98 Å². The number of ether oxygens (including phenoxy) is 1. The van der Waals surface area contributed by atoms with E-state index in [0.29, 0.717) is 10.9 Å². The first kappa shape index (κ1) is 13.5. The molecule has 1 atom stereocenters. The molecule has 1 aromatic carbocycles. The normalized spacial score (nSPS) is 11.9. The Kier molecular flexibility index (Phi) is 4.12. The maximum Gasteiger partial charge on any atom is 0.160 e. The van der Waals surface area contributed by atoms with Crippen LogP contribution in [0.1, 0.15) is 18.5 Å². The molecule has 0 radical (unpaired) electrons. The summed E-state index contributed by atoms with van der Waals surface area (Å²) >= 11 is 5.84. The fourth-order valence-electron chi connectivity index (χ4n) is 1.79. The lowest BCUT2D eigenvalue weighted by Crippen LogP contribution is -2.06. The minimum Gasteiger partial charge on any atom is -0.504 e. The van der Waals surface area contributed by atoms with E-state index in [-0.39, 0.29) is 11.8 Å². The van der Waals surface area contributed by atoms with Gasteiger partial charge in [-0.3, -0.25) is 0 Å².